The predicted molar refractivity (Wildman–Crippen MR) is 94.7 cm³/mol. The maximum absolute atomic E-state index is 5.89. The molecule has 0 spiro atoms. The zero-order chi connectivity index (χ0) is 16.9. The van der Waals surface area contributed by atoms with Crippen molar-refractivity contribution in [2.24, 2.45) is 7.05 Å². The third-order valence-electron chi connectivity index (χ3n) is 4.40. The van der Waals surface area contributed by atoms with Crippen molar-refractivity contribution in [2.45, 2.75) is 19.4 Å². The van der Waals surface area contributed by atoms with Crippen LogP contribution in [-0.2, 0) is 18.3 Å². The summed E-state index contributed by atoms with van der Waals surface area (Å²) in [6.45, 7) is 6.91. The van der Waals surface area contributed by atoms with Crippen LogP contribution in [-0.4, -0.2) is 47.6 Å². The Morgan fingerprint density at radius 1 is 1.29 bits per heavy atom. The molecule has 5 nitrogen and oxygen atoms in total. The van der Waals surface area contributed by atoms with Gasteiger partial charge < -0.3 is 9.47 Å². The van der Waals surface area contributed by atoms with Crippen LogP contribution in [0.25, 0.3) is 0 Å². The Morgan fingerprint density at radius 3 is 2.83 bits per heavy atom. The van der Waals surface area contributed by atoms with E-state index < -0.39 is 0 Å². The summed E-state index contributed by atoms with van der Waals surface area (Å²) in [6, 6.07) is 7.49. The molecule has 6 heteroatoms. The fourth-order valence-electron chi connectivity index (χ4n) is 3.10. The molecule has 2 aromatic rings. The molecular formula is C18H24ClN3O2. The Labute approximate surface area is 148 Å². The van der Waals surface area contributed by atoms with E-state index in [1.54, 1.807) is 0 Å². The molecule has 1 aromatic heterocycles. The lowest BCUT2D eigenvalue weighted by Crippen LogP contribution is -2.38. The van der Waals surface area contributed by atoms with Gasteiger partial charge in [0.1, 0.15) is 12.4 Å². The maximum atomic E-state index is 5.89. The number of halogens is 1. The highest BCUT2D eigenvalue weighted by atomic mass is 35.5. The Hall–Kier alpha value is -1.56. The van der Waals surface area contributed by atoms with Crippen molar-refractivity contribution >= 4 is 11.6 Å². The zero-order valence-corrected chi connectivity index (χ0v) is 15.0. The highest BCUT2D eigenvalue weighted by Gasteiger charge is 2.28. The Kier molecular flexibility index (Phi) is 5.76. The second-order valence-corrected chi connectivity index (χ2v) is 6.50. The monoisotopic (exact) mass is 349 g/mol. The Morgan fingerprint density at radius 2 is 2.08 bits per heavy atom. The average Bonchev–Trinajstić information content (AvgIpc) is 2.96. The van der Waals surface area contributed by atoms with Crippen LogP contribution in [0.2, 0.25) is 5.02 Å². The summed E-state index contributed by atoms with van der Waals surface area (Å²) in [5.41, 5.74) is 2.60. The van der Waals surface area contributed by atoms with Crippen LogP contribution in [0.1, 0.15) is 24.1 Å². The third-order valence-corrected chi connectivity index (χ3v) is 4.65. The van der Waals surface area contributed by atoms with Crippen molar-refractivity contribution in [1.82, 2.24) is 14.7 Å². The summed E-state index contributed by atoms with van der Waals surface area (Å²) in [5.74, 6) is 1.22. The largest absolute Gasteiger partial charge is 0.492 e. The molecule has 0 radical (unpaired) electrons. The Balaban J connectivity index is 1.58. The van der Waals surface area contributed by atoms with Crippen LogP contribution in [0.5, 0.6) is 5.75 Å². The van der Waals surface area contributed by atoms with E-state index in [4.69, 9.17) is 21.1 Å². The molecule has 0 N–H and O–H groups in total. The van der Waals surface area contributed by atoms with E-state index >= 15 is 0 Å². The molecule has 24 heavy (non-hydrogen) atoms. The first kappa shape index (κ1) is 17.3. The van der Waals surface area contributed by atoms with Gasteiger partial charge >= 0.3 is 0 Å². The van der Waals surface area contributed by atoms with E-state index in [0.717, 1.165) is 43.6 Å². The average molecular weight is 350 g/mol. The van der Waals surface area contributed by atoms with Crippen LogP contribution in [0.15, 0.2) is 30.5 Å². The van der Waals surface area contributed by atoms with Gasteiger partial charge in [-0.3, -0.25) is 9.58 Å². The van der Waals surface area contributed by atoms with Crippen LogP contribution in [0.3, 0.4) is 0 Å². The van der Waals surface area contributed by atoms with Crippen molar-refractivity contribution in [1.29, 1.82) is 0 Å². The van der Waals surface area contributed by atoms with E-state index in [1.165, 1.54) is 11.3 Å². The molecule has 3 rings (SSSR count). The lowest BCUT2D eigenvalue weighted by atomic mass is 9.95. The predicted octanol–water partition coefficient (Wildman–Crippen LogP) is 3.09. The molecule has 2 heterocycles. The van der Waals surface area contributed by atoms with E-state index in [1.807, 2.05) is 49.1 Å². The smallest absolute Gasteiger partial charge is 0.119 e. The van der Waals surface area contributed by atoms with Crippen molar-refractivity contribution in [2.75, 3.05) is 32.9 Å². The molecule has 1 aromatic carbocycles. The summed E-state index contributed by atoms with van der Waals surface area (Å²) in [5, 5.41) is 5.14. The highest BCUT2D eigenvalue weighted by Crippen LogP contribution is 2.28. The van der Waals surface area contributed by atoms with Crippen molar-refractivity contribution in [3.63, 3.8) is 0 Å². The highest BCUT2D eigenvalue weighted by molar-refractivity contribution is 6.30. The first-order valence-corrected chi connectivity index (χ1v) is 8.74. The van der Waals surface area contributed by atoms with Crippen LogP contribution >= 0.6 is 11.6 Å². The van der Waals surface area contributed by atoms with Gasteiger partial charge in [-0.25, -0.2) is 0 Å². The van der Waals surface area contributed by atoms with Gasteiger partial charge in [0.15, 0.2) is 0 Å². The minimum atomic E-state index is 0.373. The van der Waals surface area contributed by atoms with E-state index in [9.17, 15) is 0 Å². The van der Waals surface area contributed by atoms with Gasteiger partial charge in [-0.15, -0.1) is 0 Å². The Bertz CT molecular complexity index is 657. The summed E-state index contributed by atoms with van der Waals surface area (Å²) >= 11 is 5.89. The standard InChI is InChI=1S/C18H24ClN3O2/c1-3-23-13-14-11-22(12-18-17(14)10-20-21(18)2)8-9-24-16-6-4-15(19)5-7-16/h4-7,10,14H,3,8-9,11-13H2,1-2H3. The normalized spacial score (nSPS) is 17.7. The lowest BCUT2D eigenvalue weighted by Gasteiger charge is -2.32. The summed E-state index contributed by atoms with van der Waals surface area (Å²) in [6.07, 6.45) is 1.99. The van der Waals surface area contributed by atoms with E-state index in [-0.39, 0.29) is 0 Å². The number of fused-ring (bicyclic) bond motifs is 1. The van der Waals surface area contributed by atoms with Gasteiger partial charge in [-0.2, -0.15) is 5.10 Å². The number of aryl methyl sites for hydroxylation is 1. The summed E-state index contributed by atoms with van der Waals surface area (Å²) in [4.78, 5) is 2.41. The fourth-order valence-corrected chi connectivity index (χ4v) is 3.22. The molecule has 1 atom stereocenters. The first-order valence-electron chi connectivity index (χ1n) is 8.36. The molecule has 0 fully saturated rings. The van der Waals surface area contributed by atoms with Gasteiger partial charge in [0, 0.05) is 49.8 Å². The van der Waals surface area contributed by atoms with Gasteiger partial charge in [0.25, 0.3) is 0 Å². The van der Waals surface area contributed by atoms with Crippen LogP contribution in [0.4, 0.5) is 0 Å². The van der Waals surface area contributed by atoms with E-state index in [2.05, 4.69) is 10.00 Å². The van der Waals surface area contributed by atoms with Crippen molar-refractivity contribution in [3.8, 4) is 5.75 Å². The number of hydrogen-bond acceptors (Lipinski definition) is 4. The van der Waals surface area contributed by atoms with Gasteiger partial charge in [0.2, 0.25) is 0 Å². The van der Waals surface area contributed by atoms with Crippen molar-refractivity contribution < 1.29 is 9.47 Å². The van der Waals surface area contributed by atoms with Gasteiger partial charge in [-0.1, -0.05) is 11.6 Å². The summed E-state index contributed by atoms with van der Waals surface area (Å²) < 4.78 is 13.5. The first-order chi connectivity index (χ1) is 11.7. The maximum Gasteiger partial charge on any atom is 0.119 e. The number of ether oxygens (including phenoxy) is 2. The summed E-state index contributed by atoms with van der Waals surface area (Å²) in [7, 11) is 2.00. The topological polar surface area (TPSA) is 39.5 Å². The molecule has 1 aliphatic heterocycles. The molecule has 0 saturated carbocycles. The molecule has 130 valence electrons. The number of aromatic nitrogens is 2. The second-order valence-electron chi connectivity index (χ2n) is 6.06. The fraction of sp³-hybridized carbons (Fsp3) is 0.500. The quantitative estimate of drug-likeness (QED) is 0.770. The minimum absolute atomic E-state index is 0.373. The van der Waals surface area contributed by atoms with E-state index in [0.29, 0.717) is 12.5 Å². The number of hydrogen-bond donors (Lipinski definition) is 0. The SMILES string of the molecule is CCOCC1CN(CCOc2ccc(Cl)cc2)Cc2c1cnn2C. The second kappa shape index (κ2) is 8.01. The lowest BCUT2D eigenvalue weighted by molar-refractivity contribution is 0.101. The van der Waals surface area contributed by atoms with Crippen molar-refractivity contribution in [3.05, 3.63) is 46.7 Å². The number of benzene rings is 1. The molecule has 0 bridgehead atoms. The van der Waals surface area contributed by atoms with Crippen LogP contribution < -0.4 is 4.74 Å². The molecule has 0 amide bonds. The minimum Gasteiger partial charge on any atom is -0.492 e. The molecule has 1 unspecified atom stereocenters. The number of nitrogens with zero attached hydrogens (tertiary/aromatic N) is 3. The van der Waals surface area contributed by atoms with Crippen LogP contribution in [0, 0.1) is 0 Å². The van der Waals surface area contributed by atoms with Gasteiger partial charge in [0.05, 0.1) is 18.5 Å². The molecule has 0 aliphatic carbocycles. The third kappa shape index (κ3) is 4.09. The number of rotatable bonds is 7. The molecule has 0 saturated heterocycles. The zero-order valence-electron chi connectivity index (χ0n) is 14.2. The van der Waals surface area contributed by atoms with Gasteiger partial charge in [-0.05, 0) is 31.2 Å². The molecule has 1 aliphatic rings. The molecular weight excluding hydrogens is 326 g/mol.